The van der Waals surface area contributed by atoms with Crippen molar-refractivity contribution in [2.45, 2.75) is 347 Å². The number of hydrogen-bond acceptors (Lipinski definition) is 5. The number of unbranched alkanes of at least 4 members (excludes halogenated alkanes) is 46. The van der Waals surface area contributed by atoms with Gasteiger partial charge in [-0.1, -0.05) is 316 Å². The van der Waals surface area contributed by atoms with Gasteiger partial charge in [-0.05, 0) is 12.8 Å². The highest BCUT2D eigenvalue weighted by Gasteiger charge is 2.28. The molecule has 0 rings (SSSR count). The van der Waals surface area contributed by atoms with E-state index < -0.39 is 20.0 Å². The minimum absolute atomic E-state index is 0.0792. The molecule has 3 unspecified atom stereocenters. The van der Waals surface area contributed by atoms with Crippen molar-refractivity contribution in [3.63, 3.8) is 0 Å². The molecule has 3 atom stereocenters. The average molecular weight is 1010 g/mol. The number of aliphatic hydroxyl groups is 1. The molecule has 8 nitrogen and oxygen atoms in total. The lowest BCUT2D eigenvalue weighted by molar-refractivity contribution is -0.870. The van der Waals surface area contributed by atoms with Crippen LogP contribution in [0.3, 0.4) is 0 Å². The van der Waals surface area contributed by atoms with Crippen LogP contribution in [-0.4, -0.2) is 73.4 Å². The summed E-state index contributed by atoms with van der Waals surface area (Å²) in [5.41, 5.74) is 0. The largest absolute Gasteiger partial charge is 0.472 e. The predicted octanol–water partition coefficient (Wildman–Crippen LogP) is 19.2. The van der Waals surface area contributed by atoms with Gasteiger partial charge in [0, 0.05) is 6.42 Å². The van der Waals surface area contributed by atoms with Crippen LogP contribution in [-0.2, 0) is 18.4 Å². The summed E-state index contributed by atoms with van der Waals surface area (Å²) in [5, 5.41) is 14.1. The van der Waals surface area contributed by atoms with Gasteiger partial charge in [-0.25, -0.2) is 4.57 Å². The lowest BCUT2D eigenvalue weighted by atomic mass is 10.0. The Morgan fingerprint density at radius 1 is 0.429 bits per heavy atom. The van der Waals surface area contributed by atoms with Gasteiger partial charge in [0.1, 0.15) is 13.2 Å². The van der Waals surface area contributed by atoms with E-state index in [-0.39, 0.29) is 19.1 Å². The minimum atomic E-state index is -4.32. The Kier molecular flexibility index (Phi) is 52.9. The van der Waals surface area contributed by atoms with Gasteiger partial charge >= 0.3 is 7.82 Å². The second-order valence-corrected chi connectivity index (χ2v) is 24.6. The molecule has 0 aliphatic carbocycles. The van der Waals surface area contributed by atoms with Gasteiger partial charge in [0.25, 0.3) is 0 Å². The van der Waals surface area contributed by atoms with Crippen molar-refractivity contribution in [3.8, 4) is 0 Å². The SMILES string of the molecule is CCCCCCCCCCCCCCCCCCCCCCCCCCCCCCCCCC(=O)NC(COP(=O)(O)OCC[N+](C)(C)C)C(O)CCCCCCCCCCCCCCCCCCC. The van der Waals surface area contributed by atoms with Crippen LogP contribution < -0.4 is 5.32 Å². The fourth-order valence-corrected chi connectivity index (χ4v) is 10.7. The Labute approximate surface area is 438 Å². The van der Waals surface area contributed by atoms with E-state index in [1.54, 1.807) is 0 Å². The number of phosphoric acid groups is 1. The third-order valence-electron chi connectivity index (χ3n) is 14.9. The topological polar surface area (TPSA) is 105 Å². The van der Waals surface area contributed by atoms with Gasteiger partial charge in [0.05, 0.1) is 39.9 Å². The van der Waals surface area contributed by atoms with Crippen LogP contribution in [0.2, 0.25) is 0 Å². The molecule has 0 aliphatic heterocycles. The number of likely N-dealkylation sites (N-methyl/N-ethyl adjacent to an activating group) is 1. The van der Waals surface area contributed by atoms with Crippen LogP contribution in [0, 0.1) is 0 Å². The number of carbonyl (C=O) groups is 1. The molecule has 0 aromatic rings. The number of aliphatic hydroxyl groups excluding tert-OH is 1. The molecule has 70 heavy (non-hydrogen) atoms. The minimum Gasteiger partial charge on any atom is -0.391 e. The van der Waals surface area contributed by atoms with Crippen molar-refractivity contribution in [3.05, 3.63) is 0 Å². The smallest absolute Gasteiger partial charge is 0.391 e. The molecule has 0 radical (unpaired) electrons. The summed E-state index contributed by atoms with van der Waals surface area (Å²) in [7, 11) is 1.64. The molecule has 9 heteroatoms. The van der Waals surface area contributed by atoms with E-state index in [2.05, 4.69) is 19.2 Å². The number of hydrogen-bond donors (Lipinski definition) is 3. The molecule has 0 aromatic carbocycles. The highest BCUT2D eigenvalue weighted by atomic mass is 31.2. The van der Waals surface area contributed by atoms with Crippen LogP contribution in [0.15, 0.2) is 0 Å². The van der Waals surface area contributed by atoms with Crippen molar-refractivity contribution in [1.29, 1.82) is 0 Å². The van der Waals surface area contributed by atoms with Crippen LogP contribution in [0.5, 0.6) is 0 Å². The molecular weight excluding hydrogens is 888 g/mol. The first-order valence-electron chi connectivity index (χ1n) is 31.4. The van der Waals surface area contributed by atoms with Crippen molar-refractivity contribution in [2.24, 2.45) is 0 Å². The fourth-order valence-electron chi connectivity index (χ4n) is 9.93. The number of amides is 1. The Morgan fingerprint density at radius 3 is 0.957 bits per heavy atom. The van der Waals surface area contributed by atoms with Crippen LogP contribution >= 0.6 is 7.82 Å². The summed E-state index contributed by atoms with van der Waals surface area (Å²) < 4.78 is 23.8. The molecule has 420 valence electrons. The molecule has 0 spiro atoms. The van der Waals surface area contributed by atoms with Crippen LogP contribution in [0.1, 0.15) is 335 Å². The molecule has 0 aliphatic rings. The summed E-state index contributed by atoms with van der Waals surface area (Å²) >= 11 is 0. The summed E-state index contributed by atoms with van der Waals surface area (Å²) in [6.45, 7) is 4.95. The van der Waals surface area contributed by atoms with Crippen molar-refractivity contribution in [2.75, 3.05) is 40.9 Å². The van der Waals surface area contributed by atoms with Gasteiger partial charge in [-0.15, -0.1) is 0 Å². The predicted molar refractivity (Wildman–Crippen MR) is 305 cm³/mol. The summed E-state index contributed by atoms with van der Waals surface area (Å²) in [5.74, 6) is -0.135. The zero-order chi connectivity index (χ0) is 51.3. The molecule has 0 fully saturated rings. The first-order chi connectivity index (χ1) is 34.0. The van der Waals surface area contributed by atoms with Crippen LogP contribution in [0.25, 0.3) is 0 Å². The van der Waals surface area contributed by atoms with Gasteiger partial charge in [-0.2, -0.15) is 0 Å². The van der Waals surface area contributed by atoms with Gasteiger partial charge in [0.15, 0.2) is 0 Å². The summed E-state index contributed by atoms with van der Waals surface area (Å²) in [6.07, 6.45) is 64.7. The van der Waals surface area contributed by atoms with E-state index in [4.69, 9.17) is 9.05 Å². The van der Waals surface area contributed by atoms with E-state index in [0.29, 0.717) is 23.9 Å². The van der Waals surface area contributed by atoms with Crippen LogP contribution in [0.4, 0.5) is 0 Å². The number of nitrogens with one attached hydrogen (secondary N) is 1. The monoisotopic (exact) mass is 1010 g/mol. The number of nitrogens with zero attached hydrogens (tertiary/aromatic N) is 1. The maximum Gasteiger partial charge on any atom is 0.472 e. The molecule has 0 saturated carbocycles. The van der Waals surface area contributed by atoms with E-state index in [1.165, 1.54) is 270 Å². The number of rotatable bonds is 59. The highest BCUT2D eigenvalue weighted by Crippen LogP contribution is 2.43. The number of quaternary nitrogens is 1. The third kappa shape index (κ3) is 55.3. The highest BCUT2D eigenvalue weighted by molar-refractivity contribution is 7.47. The van der Waals surface area contributed by atoms with E-state index in [0.717, 1.165) is 38.5 Å². The van der Waals surface area contributed by atoms with Crippen molar-refractivity contribution < 1.29 is 32.9 Å². The number of phosphoric ester groups is 1. The molecule has 0 heterocycles. The first kappa shape index (κ1) is 69.5. The lowest BCUT2D eigenvalue weighted by Gasteiger charge is -2.26. The summed E-state index contributed by atoms with van der Waals surface area (Å²) in [6, 6.07) is -0.755. The standard InChI is InChI=1S/C61H125N2O6P/c1-6-8-10-12-14-16-18-20-22-24-25-26-27-28-29-30-31-32-33-34-35-36-37-39-41-43-45-47-49-51-53-55-61(65)62-59(58-69-70(66,67)68-57-56-63(3,4)5)60(64)54-52-50-48-46-44-42-40-38-23-21-19-17-15-13-11-9-7-2/h59-60,64H,6-58H2,1-5H3,(H-,62,65,66,67)/p+1. The third-order valence-corrected chi connectivity index (χ3v) is 15.8. The normalized spacial score (nSPS) is 13.8. The molecule has 0 aromatic heterocycles. The molecule has 0 saturated heterocycles. The van der Waals surface area contributed by atoms with E-state index >= 15 is 0 Å². The summed E-state index contributed by atoms with van der Waals surface area (Å²) in [4.78, 5) is 23.4. The number of carbonyl (C=O) groups excluding carboxylic acids is 1. The van der Waals surface area contributed by atoms with E-state index in [1.807, 2.05) is 21.1 Å². The Hall–Kier alpha value is -0.500. The zero-order valence-electron chi connectivity index (χ0n) is 48.1. The van der Waals surface area contributed by atoms with Gasteiger partial charge in [-0.3, -0.25) is 13.8 Å². The second kappa shape index (κ2) is 53.3. The maximum absolute atomic E-state index is 13.0. The Morgan fingerprint density at radius 2 is 0.686 bits per heavy atom. The molecule has 0 bridgehead atoms. The molecule has 3 N–H and O–H groups in total. The van der Waals surface area contributed by atoms with Crippen molar-refractivity contribution in [1.82, 2.24) is 5.32 Å². The fraction of sp³-hybridized carbons (Fsp3) is 0.984. The quantitative estimate of drug-likeness (QED) is 0.0318. The molecule has 1 amide bonds. The second-order valence-electron chi connectivity index (χ2n) is 23.2. The first-order valence-corrected chi connectivity index (χ1v) is 32.9. The Balaban J connectivity index is 3.98. The van der Waals surface area contributed by atoms with Gasteiger partial charge < -0.3 is 19.8 Å². The van der Waals surface area contributed by atoms with Gasteiger partial charge in [0.2, 0.25) is 5.91 Å². The molecular formula is C61H126N2O6P+. The average Bonchev–Trinajstić information content (AvgIpc) is 3.32. The van der Waals surface area contributed by atoms with E-state index in [9.17, 15) is 19.4 Å². The van der Waals surface area contributed by atoms with Crippen molar-refractivity contribution >= 4 is 13.7 Å². The maximum atomic E-state index is 13.0. The lowest BCUT2D eigenvalue weighted by Crippen LogP contribution is -2.46. The Bertz CT molecular complexity index is 1100. The zero-order valence-corrected chi connectivity index (χ0v) is 48.9.